The molecule has 110 valence electrons. The largest absolute Gasteiger partial charge is 0.486 e. The van der Waals surface area contributed by atoms with Gasteiger partial charge in [0.1, 0.15) is 11.9 Å². The third-order valence-corrected chi connectivity index (χ3v) is 3.85. The van der Waals surface area contributed by atoms with Crippen LogP contribution in [0.15, 0.2) is 18.2 Å². The van der Waals surface area contributed by atoms with Crippen LogP contribution < -0.4 is 4.74 Å². The van der Waals surface area contributed by atoms with E-state index in [1.807, 2.05) is 6.07 Å². The Morgan fingerprint density at radius 3 is 2.50 bits per heavy atom. The van der Waals surface area contributed by atoms with Crippen molar-refractivity contribution >= 4 is 5.78 Å². The van der Waals surface area contributed by atoms with Gasteiger partial charge in [-0.2, -0.15) is 0 Å². The van der Waals surface area contributed by atoms with Gasteiger partial charge in [0, 0.05) is 13.5 Å². The zero-order valence-electron chi connectivity index (χ0n) is 13.0. The Morgan fingerprint density at radius 2 is 2.00 bits per heavy atom. The molecule has 1 aliphatic carbocycles. The Hall–Kier alpha value is -1.35. The zero-order valence-corrected chi connectivity index (χ0v) is 13.0. The molecule has 2 rings (SSSR count). The summed E-state index contributed by atoms with van der Waals surface area (Å²) in [5, 5.41) is 0. The summed E-state index contributed by atoms with van der Waals surface area (Å²) in [6, 6.07) is 6.32. The first-order chi connectivity index (χ1) is 9.36. The van der Waals surface area contributed by atoms with Crippen LogP contribution in [0.5, 0.6) is 5.75 Å². The van der Waals surface area contributed by atoms with Gasteiger partial charge in [-0.25, -0.2) is 0 Å². The smallest absolute Gasteiger partial charge is 0.169 e. The number of rotatable bonds is 4. The number of benzene rings is 1. The normalized spacial score (nSPS) is 22.6. The Labute approximate surface area is 121 Å². The van der Waals surface area contributed by atoms with Crippen molar-refractivity contribution in [1.82, 2.24) is 0 Å². The Morgan fingerprint density at radius 1 is 1.30 bits per heavy atom. The van der Waals surface area contributed by atoms with E-state index < -0.39 is 6.10 Å². The number of ether oxygens (including phenoxy) is 2. The van der Waals surface area contributed by atoms with E-state index >= 15 is 0 Å². The number of carbonyl (C=O) groups excluding carboxylic acids is 1. The highest BCUT2D eigenvalue weighted by molar-refractivity contribution is 5.90. The first kappa shape index (κ1) is 15.0. The lowest BCUT2D eigenvalue weighted by molar-refractivity contribution is -0.151. The van der Waals surface area contributed by atoms with Crippen LogP contribution in [0.25, 0.3) is 0 Å². The highest BCUT2D eigenvalue weighted by Gasteiger charge is 2.42. The maximum Gasteiger partial charge on any atom is 0.169 e. The number of hydrogen-bond acceptors (Lipinski definition) is 3. The summed E-state index contributed by atoms with van der Waals surface area (Å²) in [5.74, 6) is 0.995. The SMILES string of the molecule is CCc1ccc(OC2CC(=O)C2OC)c(C(C)(C)C)c1. The van der Waals surface area contributed by atoms with Gasteiger partial charge in [-0.3, -0.25) is 4.79 Å². The van der Waals surface area contributed by atoms with E-state index in [2.05, 4.69) is 39.8 Å². The van der Waals surface area contributed by atoms with E-state index in [0.717, 1.165) is 12.2 Å². The summed E-state index contributed by atoms with van der Waals surface area (Å²) in [4.78, 5) is 11.4. The number of Topliss-reactive ketones (excluding diaryl/α,β-unsaturated/α-hetero) is 1. The second-order valence-corrected chi connectivity index (χ2v) is 6.42. The lowest BCUT2D eigenvalue weighted by atomic mass is 9.84. The molecule has 2 atom stereocenters. The van der Waals surface area contributed by atoms with Crippen LogP contribution in [0.3, 0.4) is 0 Å². The van der Waals surface area contributed by atoms with Crippen LogP contribution in [0.1, 0.15) is 45.2 Å². The monoisotopic (exact) mass is 276 g/mol. The molecule has 1 fully saturated rings. The summed E-state index contributed by atoms with van der Waals surface area (Å²) >= 11 is 0. The molecule has 0 heterocycles. The van der Waals surface area contributed by atoms with Crippen molar-refractivity contribution in [1.29, 1.82) is 0 Å². The van der Waals surface area contributed by atoms with E-state index in [-0.39, 0.29) is 17.3 Å². The van der Waals surface area contributed by atoms with Gasteiger partial charge in [0.15, 0.2) is 11.9 Å². The van der Waals surface area contributed by atoms with Gasteiger partial charge in [0.2, 0.25) is 0 Å². The van der Waals surface area contributed by atoms with E-state index in [9.17, 15) is 4.79 Å². The van der Waals surface area contributed by atoms with Gasteiger partial charge in [0.05, 0.1) is 0 Å². The minimum atomic E-state index is -0.409. The molecule has 1 aromatic carbocycles. The van der Waals surface area contributed by atoms with Crippen molar-refractivity contribution < 1.29 is 14.3 Å². The highest BCUT2D eigenvalue weighted by atomic mass is 16.5. The highest BCUT2D eigenvalue weighted by Crippen LogP contribution is 2.35. The molecule has 0 bridgehead atoms. The Balaban J connectivity index is 2.25. The molecule has 3 heteroatoms. The molecule has 0 amide bonds. The molecule has 2 unspecified atom stereocenters. The van der Waals surface area contributed by atoms with E-state index in [1.54, 1.807) is 7.11 Å². The molecule has 0 radical (unpaired) electrons. The molecule has 3 nitrogen and oxygen atoms in total. The fourth-order valence-electron chi connectivity index (χ4n) is 2.50. The van der Waals surface area contributed by atoms with Crippen LogP contribution >= 0.6 is 0 Å². The number of aryl methyl sites for hydroxylation is 1. The molecular formula is C17H24O3. The molecule has 0 saturated heterocycles. The lowest BCUT2D eigenvalue weighted by Gasteiger charge is -2.35. The molecule has 20 heavy (non-hydrogen) atoms. The second kappa shape index (κ2) is 5.57. The van der Waals surface area contributed by atoms with Gasteiger partial charge in [-0.1, -0.05) is 39.8 Å². The number of ketones is 1. The van der Waals surface area contributed by atoms with Gasteiger partial charge in [-0.05, 0) is 29.0 Å². The van der Waals surface area contributed by atoms with Crippen molar-refractivity contribution in [2.45, 2.75) is 58.2 Å². The first-order valence-electron chi connectivity index (χ1n) is 7.22. The predicted octanol–water partition coefficient (Wildman–Crippen LogP) is 3.28. The van der Waals surface area contributed by atoms with Gasteiger partial charge in [-0.15, -0.1) is 0 Å². The molecule has 0 aromatic heterocycles. The van der Waals surface area contributed by atoms with Crippen molar-refractivity contribution in [2.24, 2.45) is 0 Å². The van der Waals surface area contributed by atoms with E-state index in [4.69, 9.17) is 9.47 Å². The predicted molar refractivity (Wildman–Crippen MR) is 79.4 cm³/mol. The van der Waals surface area contributed by atoms with Gasteiger partial charge < -0.3 is 9.47 Å². The quantitative estimate of drug-likeness (QED) is 0.846. The van der Waals surface area contributed by atoms with Crippen LogP contribution in [0.2, 0.25) is 0 Å². The fraction of sp³-hybridized carbons (Fsp3) is 0.588. The van der Waals surface area contributed by atoms with E-state index in [0.29, 0.717) is 6.42 Å². The van der Waals surface area contributed by atoms with Crippen molar-refractivity contribution in [2.75, 3.05) is 7.11 Å². The summed E-state index contributed by atoms with van der Waals surface area (Å²) in [5.41, 5.74) is 2.50. The van der Waals surface area contributed by atoms with Crippen LogP contribution in [-0.2, 0) is 21.4 Å². The molecule has 0 aliphatic heterocycles. The van der Waals surface area contributed by atoms with Crippen LogP contribution in [0, 0.1) is 0 Å². The summed E-state index contributed by atoms with van der Waals surface area (Å²) in [6.45, 7) is 8.67. The van der Waals surface area contributed by atoms with Crippen molar-refractivity contribution in [3.05, 3.63) is 29.3 Å². The third kappa shape index (κ3) is 2.88. The maximum atomic E-state index is 11.4. The maximum absolute atomic E-state index is 11.4. The molecule has 1 saturated carbocycles. The minimum Gasteiger partial charge on any atom is -0.486 e. The number of methoxy groups -OCH3 is 1. The molecule has 0 N–H and O–H groups in total. The van der Waals surface area contributed by atoms with Gasteiger partial charge >= 0.3 is 0 Å². The molecular weight excluding hydrogens is 252 g/mol. The Kier molecular flexibility index (Phi) is 4.19. The zero-order chi connectivity index (χ0) is 14.9. The second-order valence-electron chi connectivity index (χ2n) is 6.42. The summed E-state index contributed by atoms with van der Waals surface area (Å²) in [7, 11) is 1.56. The average molecular weight is 276 g/mol. The van der Waals surface area contributed by atoms with Crippen molar-refractivity contribution in [3.8, 4) is 5.75 Å². The van der Waals surface area contributed by atoms with Crippen LogP contribution in [0.4, 0.5) is 0 Å². The fourth-order valence-corrected chi connectivity index (χ4v) is 2.50. The molecule has 1 aromatic rings. The third-order valence-electron chi connectivity index (χ3n) is 3.85. The number of carbonyl (C=O) groups is 1. The minimum absolute atomic E-state index is 0.0108. The average Bonchev–Trinajstić information content (AvgIpc) is 2.37. The Bertz CT molecular complexity index is 499. The molecule has 0 spiro atoms. The number of hydrogen-bond donors (Lipinski definition) is 0. The standard InChI is InChI=1S/C17H24O3/c1-6-11-7-8-14(12(9-11)17(2,3)4)20-15-10-13(18)16(15)19-5/h7-9,15-16H,6,10H2,1-5H3. The van der Waals surface area contributed by atoms with Gasteiger partial charge in [0.25, 0.3) is 0 Å². The summed E-state index contributed by atoms with van der Waals surface area (Å²) < 4.78 is 11.2. The topological polar surface area (TPSA) is 35.5 Å². The van der Waals surface area contributed by atoms with E-state index in [1.165, 1.54) is 11.1 Å². The first-order valence-corrected chi connectivity index (χ1v) is 7.22. The summed E-state index contributed by atoms with van der Waals surface area (Å²) in [6.07, 6.45) is 0.888. The lowest BCUT2D eigenvalue weighted by Crippen LogP contribution is -2.51. The van der Waals surface area contributed by atoms with Crippen molar-refractivity contribution in [3.63, 3.8) is 0 Å². The van der Waals surface area contributed by atoms with Crippen LogP contribution in [-0.4, -0.2) is 25.1 Å². The molecule has 1 aliphatic rings.